The third-order valence-electron chi connectivity index (χ3n) is 3.78. The van der Waals surface area contributed by atoms with E-state index in [0.29, 0.717) is 6.61 Å². The fraction of sp³-hybridized carbons (Fsp3) is 0.533. The maximum atomic E-state index is 5.56. The molecule has 0 spiro atoms. The van der Waals surface area contributed by atoms with Crippen LogP contribution in [0, 0.1) is 0 Å². The highest BCUT2D eigenvalue weighted by Crippen LogP contribution is 2.37. The van der Waals surface area contributed by atoms with Crippen LogP contribution in [0.25, 0.3) is 10.2 Å². The van der Waals surface area contributed by atoms with Gasteiger partial charge in [0.1, 0.15) is 10.8 Å². The number of hydrogen-bond donors (Lipinski definition) is 1. The summed E-state index contributed by atoms with van der Waals surface area (Å²) in [5.74, 6) is 0.942. The van der Waals surface area contributed by atoms with Crippen LogP contribution in [0.2, 0.25) is 0 Å². The molecule has 1 saturated heterocycles. The maximum Gasteiger partial charge on any atom is 0.120 e. The van der Waals surface area contributed by atoms with Crippen LogP contribution in [0.5, 0.6) is 5.75 Å². The summed E-state index contributed by atoms with van der Waals surface area (Å²) in [4.78, 5) is 4.83. The Bertz CT molecular complexity index is 573. The molecule has 19 heavy (non-hydrogen) atoms. The van der Waals surface area contributed by atoms with Gasteiger partial charge in [0.15, 0.2) is 0 Å². The highest BCUT2D eigenvalue weighted by atomic mass is 32.1. The van der Waals surface area contributed by atoms with Gasteiger partial charge < -0.3 is 10.1 Å². The van der Waals surface area contributed by atoms with Crippen LogP contribution in [0.3, 0.4) is 0 Å². The summed E-state index contributed by atoms with van der Waals surface area (Å²) < 4.78 is 6.79. The van der Waals surface area contributed by atoms with Crippen molar-refractivity contribution in [1.82, 2.24) is 10.3 Å². The van der Waals surface area contributed by atoms with Gasteiger partial charge in [0.05, 0.1) is 16.8 Å². The van der Waals surface area contributed by atoms with E-state index in [4.69, 9.17) is 9.72 Å². The van der Waals surface area contributed by atoms with E-state index in [-0.39, 0.29) is 5.41 Å². The lowest BCUT2D eigenvalue weighted by Crippen LogP contribution is -2.40. The van der Waals surface area contributed by atoms with Crippen molar-refractivity contribution in [3.05, 3.63) is 23.2 Å². The SMILES string of the molecule is CCOc1ccc2nc(C3(C)CCCNC3)sc2c1. The lowest BCUT2D eigenvalue weighted by molar-refractivity contribution is 0.339. The normalized spacial score (nSPS) is 23.7. The van der Waals surface area contributed by atoms with Crippen molar-refractivity contribution in [2.45, 2.75) is 32.1 Å². The number of piperidine rings is 1. The Balaban J connectivity index is 1.96. The van der Waals surface area contributed by atoms with Gasteiger partial charge in [-0.1, -0.05) is 6.92 Å². The molecule has 3 nitrogen and oxygen atoms in total. The van der Waals surface area contributed by atoms with Gasteiger partial charge in [-0.05, 0) is 44.5 Å². The quantitative estimate of drug-likeness (QED) is 0.933. The van der Waals surface area contributed by atoms with Crippen LogP contribution in [0.4, 0.5) is 0 Å². The van der Waals surface area contributed by atoms with E-state index in [1.54, 1.807) is 0 Å². The van der Waals surface area contributed by atoms with Crippen molar-refractivity contribution in [2.24, 2.45) is 0 Å². The summed E-state index contributed by atoms with van der Waals surface area (Å²) in [7, 11) is 0. The van der Waals surface area contributed by atoms with Crippen LogP contribution in [-0.4, -0.2) is 24.7 Å². The van der Waals surface area contributed by atoms with Crippen LogP contribution >= 0.6 is 11.3 Å². The van der Waals surface area contributed by atoms with Gasteiger partial charge in [-0.25, -0.2) is 4.98 Å². The van der Waals surface area contributed by atoms with Gasteiger partial charge in [0.25, 0.3) is 0 Å². The molecule has 1 aliphatic heterocycles. The number of rotatable bonds is 3. The van der Waals surface area contributed by atoms with E-state index in [9.17, 15) is 0 Å². The van der Waals surface area contributed by atoms with Crippen molar-refractivity contribution in [3.8, 4) is 5.75 Å². The first-order chi connectivity index (χ1) is 9.21. The zero-order chi connectivity index (χ0) is 13.3. The second-order valence-corrected chi connectivity index (χ2v) is 6.45. The van der Waals surface area contributed by atoms with Gasteiger partial charge in [-0.2, -0.15) is 0 Å². The predicted molar refractivity (Wildman–Crippen MR) is 80.2 cm³/mol. The monoisotopic (exact) mass is 276 g/mol. The lowest BCUT2D eigenvalue weighted by Gasteiger charge is -2.32. The summed E-state index contributed by atoms with van der Waals surface area (Å²) in [5, 5.41) is 4.74. The molecule has 1 atom stereocenters. The van der Waals surface area contributed by atoms with Crippen molar-refractivity contribution in [3.63, 3.8) is 0 Å². The van der Waals surface area contributed by atoms with Gasteiger partial charge in [-0.15, -0.1) is 11.3 Å². The molecule has 1 aromatic carbocycles. The molecule has 1 aromatic heterocycles. The number of aromatic nitrogens is 1. The third kappa shape index (κ3) is 2.47. The van der Waals surface area contributed by atoms with Crippen molar-refractivity contribution in [2.75, 3.05) is 19.7 Å². The largest absolute Gasteiger partial charge is 0.494 e. The average molecular weight is 276 g/mol. The fourth-order valence-electron chi connectivity index (χ4n) is 2.66. The molecule has 0 saturated carbocycles. The van der Waals surface area contributed by atoms with E-state index in [2.05, 4.69) is 24.4 Å². The summed E-state index contributed by atoms with van der Waals surface area (Å²) >= 11 is 1.81. The molecule has 2 heterocycles. The van der Waals surface area contributed by atoms with Crippen molar-refractivity contribution < 1.29 is 4.74 Å². The summed E-state index contributed by atoms with van der Waals surface area (Å²) in [6, 6.07) is 6.19. The highest BCUT2D eigenvalue weighted by molar-refractivity contribution is 7.18. The molecule has 0 radical (unpaired) electrons. The van der Waals surface area contributed by atoms with E-state index in [1.807, 2.05) is 24.3 Å². The zero-order valence-electron chi connectivity index (χ0n) is 11.5. The molecule has 1 fully saturated rings. The molecule has 102 valence electrons. The number of nitrogens with one attached hydrogen (secondary N) is 1. The smallest absolute Gasteiger partial charge is 0.120 e. The Morgan fingerprint density at radius 2 is 2.37 bits per heavy atom. The first-order valence-corrected chi connectivity index (χ1v) is 7.77. The van der Waals surface area contributed by atoms with Crippen molar-refractivity contribution in [1.29, 1.82) is 0 Å². The fourth-order valence-corrected chi connectivity index (χ4v) is 3.82. The minimum absolute atomic E-state index is 0.188. The number of fused-ring (bicyclic) bond motifs is 1. The van der Waals surface area contributed by atoms with E-state index in [0.717, 1.165) is 24.4 Å². The first-order valence-electron chi connectivity index (χ1n) is 6.96. The van der Waals surface area contributed by atoms with Gasteiger partial charge in [-0.3, -0.25) is 0 Å². The molecule has 1 unspecified atom stereocenters. The molecule has 0 aliphatic carbocycles. The second-order valence-electron chi connectivity index (χ2n) is 5.42. The van der Waals surface area contributed by atoms with Gasteiger partial charge >= 0.3 is 0 Å². The molecular weight excluding hydrogens is 256 g/mol. The van der Waals surface area contributed by atoms with Crippen LogP contribution in [0.15, 0.2) is 18.2 Å². The average Bonchev–Trinajstić information content (AvgIpc) is 2.84. The Labute approximate surface area is 118 Å². The topological polar surface area (TPSA) is 34.1 Å². The number of ether oxygens (including phenoxy) is 1. The molecule has 3 rings (SSSR count). The molecule has 0 bridgehead atoms. The molecule has 1 aliphatic rings. The minimum atomic E-state index is 0.188. The number of nitrogens with zero attached hydrogens (tertiary/aromatic N) is 1. The first kappa shape index (κ1) is 12.9. The summed E-state index contributed by atoms with van der Waals surface area (Å²) in [6.45, 7) is 7.20. The predicted octanol–water partition coefficient (Wildman–Crippen LogP) is 3.34. The molecule has 0 amide bonds. The van der Waals surface area contributed by atoms with Gasteiger partial charge in [0.2, 0.25) is 0 Å². The lowest BCUT2D eigenvalue weighted by atomic mass is 9.83. The van der Waals surface area contributed by atoms with Crippen molar-refractivity contribution >= 4 is 21.6 Å². The van der Waals surface area contributed by atoms with Crippen LogP contribution < -0.4 is 10.1 Å². The molecule has 1 N–H and O–H groups in total. The molecular formula is C15H20N2OS. The van der Waals surface area contributed by atoms with E-state index < -0.39 is 0 Å². The minimum Gasteiger partial charge on any atom is -0.494 e. The second kappa shape index (κ2) is 5.10. The number of hydrogen-bond acceptors (Lipinski definition) is 4. The number of thiazole rings is 1. The van der Waals surface area contributed by atoms with Crippen LogP contribution in [-0.2, 0) is 5.41 Å². The number of benzene rings is 1. The Kier molecular flexibility index (Phi) is 3.46. The Morgan fingerprint density at radius 1 is 1.47 bits per heavy atom. The zero-order valence-corrected chi connectivity index (χ0v) is 12.3. The standard InChI is InChI=1S/C15H20N2OS/c1-3-18-11-5-6-12-13(9-11)19-14(17-12)15(2)7-4-8-16-10-15/h5-6,9,16H,3-4,7-8,10H2,1-2H3. The summed E-state index contributed by atoms with van der Waals surface area (Å²) in [6.07, 6.45) is 2.45. The van der Waals surface area contributed by atoms with E-state index in [1.165, 1.54) is 22.5 Å². The summed E-state index contributed by atoms with van der Waals surface area (Å²) in [5.41, 5.74) is 1.28. The van der Waals surface area contributed by atoms with Crippen LogP contribution in [0.1, 0.15) is 31.7 Å². The Hall–Kier alpha value is -1.13. The van der Waals surface area contributed by atoms with Gasteiger partial charge in [0, 0.05) is 12.0 Å². The Morgan fingerprint density at radius 3 is 3.11 bits per heavy atom. The molecule has 4 heteroatoms. The maximum absolute atomic E-state index is 5.56. The van der Waals surface area contributed by atoms with E-state index >= 15 is 0 Å². The highest BCUT2D eigenvalue weighted by Gasteiger charge is 2.31. The third-order valence-corrected chi connectivity index (χ3v) is 5.11. The molecule has 2 aromatic rings.